The average Bonchev–Trinajstić information content (AvgIpc) is 2.41. The van der Waals surface area contributed by atoms with Crippen LogP contribution >= 0.6 is 0 Å². The number of aryl methyl sites for hydroxylation is 1. The van der Waals surface area contributed by atoms with E-state index in [2.05, 4.69) is 5.32 Å². The molecule has 0 fully saturated rings. The second kappa shape index (κ2) is 5.70. The lowest BCUT2D eigenvalue weighted by molar-refractivity contribution is 0.0698. The van der Waals surface area contributed by atoms with Crippen LogP contribution in [0.5, 0.6) is 0 Å². The molecule has 0 aromatic heterocycles. The van der Waals surface area contributed by atoms with Gasteiger partial charge in [-0.3, -0.25) is 4.79 Å². The Hall–Kier alpha value is -2.76. The summed E-state index contributed by atoms with van der Waals surface area (Å²) < 4.78 is 26.6. The van der Waals surface area contributed by atoms with Crippen LogP contribution in [0.25, 0.3) is 0 Å². The van der Waals surface area contributed by atoms with E-state index in [9.17, 15) is 18.4 Å². The zero-order chi connectivity index (χ0) is 15.6. The Balaban J connectivity index is 2.33. The van der Waals surface area contributed by atoms with Gasteiger partial charge in [0.1, 0.15) is 11.6 Å². The van der Waals surface area contributed by atoms with Crippen molar-refractivity contribution in [1.82, 2.24) is 0 Å². The van der Waals surface area contributed by atoms with E-state index in [0.29, 0.717) is 5.56 Å². The molecular weight excluding hydrogens is 280 g/mol. The van der Waals surface area contributed by atoms with Gasteiger partial charge in [0.2, 0.25) is 0 Å². The minimum atomic E-state index is -1.31. The lowest BCUT2D eigenvalue weighted by Gasteiger charge is -2.09. The first kappa shape index (κ1) is 14.6. The van der Waals surface area contributed by atoms with E-state index in [1.807, 2.05) is 0 Å². The van der Waals surface area contributed by atoms with Gasteiger partial charge in [-0.05, 0) is 42.8 Å². The van der Waals surface area contributed by atoms with Crippen molar-refractivity contribution in [2.45, 2.75) is 6.92 Å². The third-order valence-corrected chi connectivity index (χ3v) is 2.89. The number of amides is 1. The normalized spacial score (nSPS) is 10.2. The Labute approximate surface area is 119 Å². The maximum Gasteiger partial charge on any atom is 0.337 e. The van der Waals surface area contributed by atoms with E-state index in [1.165, 1.54) is 12.1 Å². The number of carbonyl (C=O) groups excluding carboxylic acids is 1. The number of halogens is 2. The molecule has 2 N–H and O–H groups in total. The Kier molecular flexibility index (Phi) is 3.98. The molecule has 6 heteroatoms. The molecule has 21 heavy (non-hydrogen) atoms. The molecular formula is C15H11F2NO3. The fraction of sp³-hybridized carbons (Fsp3) is 0.0667. The number of carboxylic acid groups (broad SMARTS) is 1. The third kappa shape index (κ3) is 3.22. The number of rotatable bonds is 3. The monoisotopic (exact) mass is 291 g/mol. The summed E-state index contributed by atoms with van der Waals surface area (Å²) in [6.45, 7) is 1.55. The van der Waals surface area contributed by atoms with Gasteiger partial charge < -0.3 is 10.4 Å². The summed E-state index contributed by atoms with van der Waals surface area (Å²) in [5.41, 5.74) is -0.0481. The van der Waals surface area contributed by atoms with Gasteiger partial charge in [-0.25, -0.2) is 13.6 Å². The Morgan fingerprint density at radius 3 is 2.43 bits per heavy atom. The highest BCUT2D eigenvalue weighted by Gasteiger charge is 2.15. The Morgan fingerprint density at radius 1 is 1.10 bits per heavy atom. The van der Waals surface area contributed by atoms with Crippen LogP contribution in [-0.4, -0.2) is 17.0 Å². The minimum absolute atomic E-state index is 0.0127. The van der Waals surface area contributed by atoms with Gasteiger partial charge >= 0.3 is 5.97 Å². The zero-order valence-electron chi connectivity index (χ0n) is 11.0. The Morgan fingerprint density at radius 2 is 1.81 bits per heavy atom. The highest BCUT2D eigenvalue weighted by molar-refractivity contribution is 6.07. The average molecular weight is 291 g/mol. The molecule has 0 aliphatic carbocycles. The van der Waals surface area contributed by atoms with E-state index in [0.717, 1.165) is 24.3 Å². The van der Waals surface area contributed by atoms with Crippen molar-refractivity contribution in [2.24, 2.45) is 0 Å². The fourth-order valence-electron chi connectivity index (χ4n) is 1.73. The molecule has 0 unspecified atom stereocenters. The lowest BCUT2D eigenvalue weighted by Crippen LogP contribution is -2.15. The summed E-state index contributed by atoms with van der Waals surface area (Å²) in [6, 6.07) is 6.77. The van der Waals surface area contributed by atoms with Gasteiger partial charge in [0.05, 0.1) is 11.3 Å². The van der Waals surface area contributed by atoms with Crippen LogP contribution in [0.1, 0.15) is 26.3 Å². The molecule has 2 aromatic carbocycles. The molecule has 0 heterocycles. The van der Waals surface area contributed by atoms with Crippen LogP contribution < -0.4 is 5.32 Å². The van der Waals surface area contributed by atoms with Gasteiger partial charge in [0.25, 0.3) is 5.91 Å². The van der Waals surface area contributed by atoms with Crippen molar-refractivity contribution < 1.29 is 23.5 Å². The molecule has 1 amide bonds. The second-order valence-electron chi connectivity index (χ2n) is 4.41. The zero-order valence-corrected chi connectivity index (χ0v) is 11.0. The standard InChI is InChI=1S/C15H11F2NO3/c1-8-2-3-9(6-12(8)17)14(19)18-13-7-10(16)4-5-11(13)15(20)21/h2-7H,1H3,(H,18,19)(H,20,21). The van der Waals surface area contributed by atoms with Crippen molar-refractivity contribution in [3.63, 3.8) is 0 Å². The summed E-state index contributed by atoms with van der Waals surface area (Å²) in [4.78, 5) is 23.0. The van der Waals surface area contributed by atoms with Crippen LogP contribution in [-0.2, 0) is 0 Å². The highest BCUT2D eigenvalue weighted by atomic mass is 19.1. The summed E-state index contributed by atoms with van der Waals surface area (Å²) in [7, 11) is 0. The van der Waals surface area contributed by atoms with Crippen molar-refractivity contribution in [2.75, 3.05) is 5.32 Å². The van der Waals surface area contributed by atoms with Crippen LogP contribution in [0.2, 0.25) is 0 Å². The first-order chi connectivity index (χ1) is 9.88. The number of nitrogens with one attached hydrogen (secondary N) is 1. The summed E-state index contributed by atoms with van der Waals surface area (Å²) in [6.07, 6.45) is 0. The second-order valence-corrected chi connectivity index (χ2v) is 4.41. The van der Waals surface area contributed by atoms with Crippen molar-refractivity contribution in [3.05, 3.63) is 64.7 Å². The lowest BCUT2D eigenvalue weighted by atomic mass is 10.1. The fourth-order valence-corrected chi connectivity index (χ4v) is 1.73. The van der Waals surface area contributed by atoms with Crippen LogP contribution in [0.15, 0.2) is 36.4 Å². The summed E-state index contributed by atoms with van der Waals surface area (Å²) in [5.74, 6) is -3.27. The summed E-state index contributed by atoms with van der Waals surface area (Å²) in [5, 5.41) is 11.3. The third-order valence-electron chi connectivity index (χ3n) is 2.89. The van der Waals surface area contributed by atoms with Crippen molar-refractivity contribution in [3.8, 4) is 0 Å². The predicted octanol–water partition coefficient (Wildman–Crippen LogP) is 3.22. The Bertz CT molecular complexity index is 729. The van der Waals surface area contributed by atoms with Gasteiger partial charge in [0.15, 0.2) is 0 Å². The van der Waals surface area contributed by atoms with Gasteiger partial charge in [-0.2, -0.15) is 0 Å². The highest BCUT2D eigenvalue weighted by Crippen LogP contribution is 2.19. The molecule has 0 atom stereocenters. The number of hydrogen-bond acceptors (Lipinski definition) is 2. The van der Waals surface area contributed by atoms with Gasteiger partial charge in [-0.15, -0.1) is 0 Å². The number of hydrogen-bond donors (Lipinski definition) is 2. The van der Waals surface area contributed by atoms with Crippen LogP contribution in [0.3, 0.4) is 0 Å². The number of aromatic carboxylic acids is 1. The van der Waals surface area contributed by atoms with E-state index in [4.69, 9.17) is 5.11 Å². The van der Waals surface area contributed by atoms with E-state index < -0.39 is 23.5 Å². The molecule has 4 nitrogen and oxygen atoms in total. The van der Waals surface area contributed by atoms with Gasteiger partial charge in [0, 0.05) is 5.56 Å². The van der Waals surface area contributed by atoms with Crippen molar-refractivity contribution in [1.29, 1.82) is 0 Å². The summed E-state index contributed by atoms with van der Waals surface area (Å²) >= 11 is 0. The molecule has 0 aliphatic rings. The first-order valence-corrected chi connectivity index (χ1v) is 5.99. The largest absolute Gasteiger partial charge is 0.478 e. The quantitative estimate of drug-likeness (QED) is 0.912. The molecule has 0 bridgehead atoms. The topological polar surface area (TPSA) is 66.4 Å². The molecule has 0 saturated heterocycles. The molecule has 108 valence electrons. The maximum atomic E-state index is 13.4. The van der Waals surface area contributed by atoms with Crippen molar-refractivity contribution >= 4 is 17.6 Å². The van der Waals surface area contributed by atoms with E-state index in [1.54, 1.807) is 6.92 Å². The van der Waals surface area contributed by atoms with Crippen LogP contribution in [0, 0.1) is 18.6 Å². The minimum Gasteiger partial charge on any atom is -0.478 e. The SMILES string of the molecule is Cc1ccc(C(=O)Nc2cc(F)ccc2C(=O)O)cc1F. The number of carbonyl (C=O) groups is 2. The number of benzene rings is 2. The van der Waals surface area contributed by atoms with E-state index >= 15 is 0 Å². The first-order valence-electron chi connectivity index (χ1n) is 5.99. The molecule has 2 rings (SSSR count). The number of carboxylic acids is 1. The van der Waals surface area contributed by atoms with E-state index in [-0.39, 0.29) is 16.8 Å². The van der Waals surface area contributed by atoms with Crippen LogP contribution in [0.4, 0.5) is 14.5 Å². The molecule has 0 spiro atoms. The molecule has 0 aliphatic heterocycles. The molecule has 2 aromatic rings. The molecule has 0 saturated carbocycles. The predicted molar refractivity (Wildman–Crippen MR) is 72.4 cm³/mol. The smallest absolute Gasteiger partial charge is 0.337 e. The number of anilines is 1. The van der Waals surface area contributed by atoms with Gasteiger partial charge in [-0.1, -0.05) is 6.07 Å². The maximum absolute atomic E-state index is 13.4. The molecule has 0 radical (unpaired) electrons.